The summed E-state index contributed by atoms with van der Waals surface area (Å²) in [5.74, 6) is 0. The van der Waals surface area contributed by atoms with E-state index in [4.69, 9.17) is 5.73 Å². The van der Waals surface area contributed by atoms with Crippen molar-refractivity contribution in [2.24, 2.45) is 0 Å². The van der Waals surface area contributed by atoms with Gasteiger partial charge in [0.05, 0.1) is 0 Å². The molecule has 0 aliphatic heterocycles. The molecule has 2 heteroatoms. The van der Waals surface area contributed by atoms with E-state index in [1.54, 1.807) is 5.57 Å². The van der Waals surface area contributed by atoms with Crippen LogP contribution in [0, 0.1) is 0 Å². The molecular weight excluding hydrogens is 196 g/mol. The van der Waals surface area contributed by atoms with Crippen molar-refractivity contribution in [3.63, 3.8) is 0 Å². The van der Waals surface area contributed by atoms with Crippen LogP contribution in [0.1, 0.15) is 32.1 Å². The lowest BCUT2D eigenvalue weighted by atomic mass is 9.97. The second kappa shape index (κ2) is 5.59. The van der Waals surface area contributed by atoms with Crippen LogP contribution in [0.5, 0.6) is 0 Å². The first kappa shape index (κ1) is 11.1. The molecule has 86 valence electrons. The van der Waals surface area contributed by atoms with Gasteiger partial charge in [-0.1, -0.05) is 17.7 Å². The van der Waals surface area contributed by atoms with Crippen molar-refractivity contribution in [1.82, 2.24) is 0 Å². The Labute approximate surface area is 97.5 Å². The average molecular weight is 216 g/mol. The van der Waals surface area contributed by atoms with Gasteiger partial charge in [-0.25, -0.2) is 0 Å². The van der Waals surface area contributed by atoms with Crippen LogP contribution < -0.4 is 11.1 Å². The van der Waals surface area contributed by atoms with Crippen molar-refractivity contribution < 1.29 is 0 Å². The van der Waals surface area contributed by atoms with E-state index in [0.29, 0.717) is 0 Å². The van der Waals surface area contributed by atoms with Crippen molar-refractivity contribution in [1.29, 1.82) is 0 Å². The van der Waals surface area contributed by atoms with Gasteiger partial charge in [-0.2, -0.15) is 0 Å². The van der Waals surface area contributed by atoms with Gasteiger partial charge in [0, 0.05) is 17.9 Å². The summed E-state index contributed by atoms with van der Waals surface area (Å²) in [5.41, 5.74) is 9.28. The lowest BCUT2D eigenvalue weighted by Gasteiger charge is -2.13. The number of allylic oxidation sites excluding steroid dienone is 1. The predicted molar refractivity (Wildman–Crippen MR) is 70.5 cm³/mol. The number of hydrogen-bond donors (Lipinski definition) is 2. The first-order valence-corrected chi connectivity index (χ1v) is 6.12. The minimum Gasteiger partial charge on any atom is -0.399 e. The van der Waals surface area contributed by atoms with Gasteiger partial charge in [-0.05, 0) is 50.3 Å². The monoisotopic (exact) mass is 216 g/mol. The minimum atomic E-state index is 0.821. The first-order valence-electron chi connectivity index (χ1n) is 6.12. The molecule has 0 saturated carbocycles. The summed E-state index contributed by atoms with van der Waals surface area (Å²) in [6, 6.07) is 7.94. The van der Waals surface area contributed by atoms with Gasteiger partial charge in [-0.15, -0.1) is 0 Å². The highest BCUT2D eigenvalue weighted by Crippen LogP contribution is 2.20. The van der Waals surface area contributed by atoms with Crippen molar-refractivity contribution in [3.8, 4) is 0 Å². The van der Waals surface area contributed by atoms with Gasteiger partial charge in [0.2, 0.25) is 0 Å². The van der Waals surface area contributed by atoms with Crippen LogP contribution >= 0.6 is 0 Å². The topological polar surface area (TPSA) is 38.0 Å². The van der Waals surface area contributed by atoms with Crippen LogP contribution in [-0.4, -0.2) is 6.54 Å². The molecule has 0 radical (unpaired) electrons. The number of nitrogen functional groups attached to an aromatic ring is 1. The maximum Gasteiger partial charge on any atom is 0.0360 e. The Kier molecular flexibility index (Phi) is 3.86. The second-order valence-electron chi connectivity index (χ2n) is 4.41. The summed E-state index contributed by atoms with van der Waals surface area (Å²) in [6.45, 7) is 1.01. The molecule has 3 N–H and O–H groups in total. The molecule has 1 aromatic carbocycles. The van der Waals surface area contributed by atoms with Crippen LogP contribution in [0.3, 0.4) is 0 Å². The van der Waals surface area contributed by atoms with Gasteiger partial charge in [-0.3, -0.25) is 0 Å². The zero-order valence-corrected chi connectivity index (χ0v) is 9.71. The van der Waals surface area contributed by atoms with Gasteiger partial charge in [0.1, 0.15) is 0 Å². The minimum absolute atomic E-state index is 0.821. The fraction of sp³-hybridized carbons (Fsp3) is 0.429. The molecule has 0 atom stereocenters. The van der Waals surface area contributed by atoms with E-state index < -0.39 is 0 Å². The Morgan fingerprint density at radius 1 is 1.25 bits per heavy atom. The molecule has 0 aromatic heterocycles. The van der Waals surface area contributed by atoms with Crippen LogP contribution in [0.4, 0.5) is 11.4 Å². The molecule has 1 aliphatic carbocycles. The van der Waals surface area contributed by atoms with E-state index in [0.717, 1.165) is 24.3 Å². The maximum absolute atomic E-state index is 5.72. The van der Waals surface area contributed by atoms with Crippen LogP contribution in [0.25, 0.3) is 0 Å². The van der Waals surface area contributed by atoms with Crippen LogP contribution in [-0.2, 0) is 0 Å². The SMILES string of the molecule is Nc1cccc(NCCC2=CCCCC2)c1. The highest BCUT2D eigenvalue weighted by molar-refractivity contribution is 5.54. The van der Waals surface area contributed by atoms with Crippen molar-refractivity contribution >= 4 is 11.4 Å². The van der Waals surface area contributed by atoms with Crippen molar-refractivity contribution in [2.45, 2.75) is 32.1 Å². The van der Waals surface area contributed by atoms with Crippen molar-refractivity contribution in [2.75, 3.05) is 17.6 Å². The predicted octanol–water partition coefficient (Wildman–Crippen LogP) is 3.57. The average Bonchev–Trinajstić information content (AvgIpc) is 2.30. The van der Waals surface area contributed by atoms with Crippen molar-refractivity contribution in [3.05, 3.63) is 35.9 Å². The molecular formula is C14H20N2. The summed E-state index contributed by atoms with van der Waals surface area (Å²) < 4.78 is 0. The third kappa shape index (κ3) is 3.30. The van der Waals surface area contributed by atoms with Crippen LogP contribution in [0.15, 0.2) is 35.9 Å². The van der Waals surface area contributed by atoms with E-state index in [1.165, 1.54) is 25.7 Å². The normalized spacial score (nSPS) is 15.6. The smallest absolute Gasteiger partial charge is 0.0360 e. The quantitative estimate of drug-likeness (QED) is 0.596. The van der Waals surface area contributed by atoms with E-state index in [9.17, 15) is 0 Å². The first-order chi connectivity index (χ1) is 7.84. The number of rotatable bonds is 4. The zero-order valence-electron chi connectivity index (χ0n) is 9.71. The fourth-order valence-electron chi connectivity index (χ4n) is 2.15. The highest BCUT2D eigenvalue weighted by atomic mass is 14.9. The fourth-order valence-corrected chi connectivity index (χ4v) is 2.15. The Balaban J connectivity index is 1.77. The Bertz CT molecular complexity index is 369. The van der Waals surface area contributed by atoms with E-state index in [1.807, 2.05) is 18.2 Å². The Hall–Kier alpha value is -1.44. The molecule has 0 spiro atoms. The summed E-state index contributed by atoms with van der Waals surface area (Å²) in [7, 11) is 0. The van der Waals surface area contributed by atoms with E-state index in [2.05, 4.69) is 17.5 Å². The van der Waals surface area contributed by atoms with Gasteiger partial charge in [0.25, 0.3) is 0 Å². The number of nitrogens with one attached hydrogen (secondary N) is 1. The van der Waals surface area contributed by atoms with E-state index >= 15 is 0 Å². The standard InChI is InChI=1S/C14H20N2/c15-13-7-4-8-14(11-13)16-10-9-12-5-2-1-3-6-12/h4-5,7-8,11,16H,1-3,6,9-10,15H2. The number of nitrogens with two attached hydrogens (primary N) is 1. The second-order valence-corrected chi connectivity index (χ2v) is 4.41. The summed E-state index contributed by atoms with van der Waals surface area (Å²) in [6.07, 6.45) is 8.86. The lowest BCUT2D eigenvalue weighted by Crippen LogP contribution is -2.04. The van der Waals surface area contributed by atoms with Gasteiger partial charge < -0.3 is 11.1 Å². The highest BCUT2D eigenvalue weighted by Gasteiger charge is 2.02. The molecule has 0 bridgehead atoms. The molecule has 1 aliphatic rings. The molecule has 0 saturated heterocycles. The maximum atomic E-state index is 5.72. The molecule has 0 amide bonds. The Morgan fingerprint density at radius 2 is 2.19 bits per heavy atom. The molecule has 0 unspecified atom stereocenters. The third-order valence-electron chi connectivity index (χ3n) is 3.05. The zero-order chi connectivity index (χ0) is 11.2. The summed E-state index contributed by atoms with van der Waals surface area (Å²) in [4.78, 5) is 0. The third-order valence-corrected chi connectivity index (χ3v) is 3.05. The van der Waals surface area contributed by atoms with Gasteiger partial charge in [0.15, 0.2) is 0 Å². The lowest BCUT2D eigenvalue weighted by molar-refractivity contribution is 0.679. The van der Waals surface area contributed by atoms with E-state index in [-0.39, 0.29) is 0 Å². The largest absolute Gasteiger partial charge is 0.399 e. The molecule has 0 heterocycles. The molecule has 16 heavy (non-hydrogen) atoms. The summed E-state index contributed by atoms with van der Waals surface area (Å²) >= 11 is 0. The Morgan fingerprint density at radius 3 is 2.94 bits per heavy atom. The number of hydrogen-bond acceptors (Lipinski definition) is 2. The molecule has 1 aromatic rings. The molecule has 0 fully saturated rings. The number of anilines is 2. The van der Waals surface area contributed by atoms with Gasteiger partial charge >= 0.3 is 0 Å². The molecule has 2 nitrogen and oxygen atoms in total. The van der Waals surface area contributed by atoms with Crippen LogP contribution in [0.2, 0.25) is 0 Å². The number of benzene rings is 1. The summed E-state index contributed by atoms with van der Waals surface area (Å²) in [5, 5.41) is 3.41. The molecule has 2 rings (SSSR count).